The van der Waals surface area contributed by atoms with Crippen LogP contribution in [0.1, 0.15) is 0 Å². The molecule has 0 aliphatic carbocycles. The van der Waals surface area contributed by atoms with Crippen LogP contribution in [0.5, 0.6) is 0 Å². The van der Waals surface area contributed by atoms with Gasteiger partial charge in [0.1, 0.15) is 12.0 Å². The fourth-order valence-electron chi connectivity index (χ4n) is 0.780. The van der Waals surface area contributed by atoms with Crippen molar-refractivity contribution < 1.29 is 4.42 Å². The second kappa shape index (κ2) is 2.02. The van der Waals surface area contributed by atoms with Crippen LogP contribution in [0.4, 0.5) is 0 Å². The van der Waals surface area contributed by atoms with E-state index in [1.54, 1.807) is 12.5 Å². The highest BCUT2D eigenvalue weighted by Crippen LogP contribution is 2.16. The van der Waals surface area contributed by atoms with Crippen molar-refractivity contribution in [3.05, 3.63) is 30.8 Å². The lowest BCUT2D eigenvalue weighted by atomic mass is 10.3. The molecule has 0 saturated heterocycles. The van der Waals surface area contributed by atoms with Crippen molar-refractivity contribution in [1.82, 2.24) is 10.2 Å². The molecule has 0 saturated carbocycles. The van der Waals surface area contributed by atoms with Crippen LogP contribution in [0, 0.1) is 6.20 Å². The first-order valence-corrected chi connectivity index (χ1v) is 2.92. The van der Waals surface area contributed by atoms with Crippen molar-refractivity contribution in [3.63, 3.8) is 0 Å². The first kappa shape index (κ1) is 5.29. The number of rotatable bonds is 1. The van der Waals surface area contributed by atoms with E-state index in [0.29, 0.717) is 0 Å². The van der Waals surface area contributed by atoms with Gasteiger partial charge in [-0.25, -0.2) is 0 Å². The third kappa shape index (κ3) is 0.719. The summed E-state index contributed by atoms with van der Waals surface area (Å²) in [6.07, 6.45) is 6.10. The second-order valence-electron chi connectivity index (χ2n) is 1.89. The quantitative estimate of drug-likeness (QED) is 0.640. The Hall–Kier alpha value is -1.51. The minimum atomic E-state index is 0.786. The predicted octanol–water partition coefficient (Wildman–Crippen LogP) is 1.47. The molecule has 3 heteroatoms. The van der Waals surface area contributed by atoms with Crippen molar-refractivity contribution >= 4 is 0 Å². The SMILES string of the molecule is [c]1n[nH]cc1-c1ccco1. The number of nitrogens with zero attached hydrogens (tertiary/aromatic N) is 1. The molecule has 10 heavy (non-hydrogen) atoms. The van der Waals surface area contributed by atoms with Crippen LogP contribution >= 0.6 is 0 Å². The normalized spacial score (nSPS) is 10.0. The molecule has 1 N–H and O–H groups in total. The van der Waals surface area contributed by atoms with Crippen molar-refractivity contribution in [2.45, 2.75) is 0 Å². The van der Waals surface area contributed by atoms with E-state index in [1.165, 1.54) is 0 Å². The van der Waals surface area contributed by atoms with E-state index in [0.717, 1.165) is 11.3 Å². The van der Waals surface area contributed by atoms with E-state index >= 15 is 0 Å². The van der Waals surface area contributed by atoms with Crippen molar-refractivity contribution in [3.8, 4) is 11.3 Å². The van der Waals surface area contributed by atoms with Crippen LogP contribution in [-0.2, 0) is 0 Å². The molecule has 2 aromatic heterocycles. The molecule has 3 nitrogen and oxygen atoms in total. The monoisotopic (exact) mass is 133 g/mol. The topological polar surface area (TPSA) is 41.8 Å². The second-order valence-corrected chi connectivity index (χ2v) is 1.89. The first-order chi connectivity index (χ1) is 4.97. The summed E-state index contributed by atoms with van der Waals surface area (Å²) in [5, 5.41) is 6.32. The van der Waals surface area contributed by atoms with Gasteiger partial charge < -0.3 is 4.42 Å². The number of hydrogen-bond acceptors (Lipinski definition) is 2. The van der Waals surface area contributed by atoms with Gasteiger partial charge in [0.15, 0.2) is 0 Å². The van der Waals surface area contributed by atoms with E-state index in [1.807, 2.05) is 12.1 Å². The lowest BCUT2D eigenvalue weighted by molar-refractivity contribution is 0.582. The summed E-state index contributed by atoms with van der Waals surface area (Å²) in [5.74, 6) is 0.786. The minimum Gasteiger partial charge on any atom is -0.464 e. The molecule has 1 radical (unpaired) electrons. The van der Waals surface area contributed by atoms with Crippen molar-refractivity contribution in [1.29, 1.82) is 0 Å². The Labute approximate surface area is 57.7 Å². The Morgan fingerprint density at radius 1 is 1.60 bits per heavy atom. The summed E-state index contributed by atoms with van der Waals surface area (Å²) in [4.78, 5) is 0. The lowest BCUT2D eigenvalue weighted by Crippen LogP contribution is -1.63. The van der Waals surface area contributed by atoms with Gasteiger partial charge in [-0.3, -0.25) is 5.10 Å². The molecule has 0 aromatic carbocycles. The lowest BCUT2D eigenvalue weighted by Gasteiger charge is -1.83. The van der Waals surface area contributed by atoms with Crippen LogP contribution in [0.25, 0.3) is 11.3 Å². The van der Waals surface area contributed by atoms with Gasteiger partial charge in [-0.15, -0.1) is 0 Å². The Morgan fingerprint density at radius 3 is 3.20 bits per heavy atom. The molecule has 0 spiro atoms. The van der Waals surface area contributed by atoms with Gasteiger partial charge in [0.05, 0.1) is 11.8 Å². The average molecular weight is 133 g/mol. The molecule has 0 amide bonds. The first-order valence-electron chi connectivity index (χ1n) is 2.92. The maximum atomic E-state index is 5.09. The summed E-state index contributed by atoms with van der Waals surface area (Å²) in [6, 6.07) is 3.69. The summed E-state index contributed by atoms with van der Waals surface area (Å²) in [7, 11) is 0. The molecule has 0 atom stereocenters. The zero-order valence-electron chi connectivity index (χ0n) is 5.16. The average Bonchev–Trinajstić information content (AvgIpc) is 2.59. The maximum Gasteiger partial charge on any atom is 0.137 e. The predicted molar refractivity (Wildman–Crippen MR) is 35.1 cm³/mol. The smallest absolute Gasteiger partial charge is 0.137 e. The molecule has 2 heterocycles. The van der Waals surface area contributed by atoms with Crippen LogP contribution in [-0.4, -0.2) is 10.2 Å². The maximum absolute atomic E-state index is 5.09. The molecule has 0 unspecified atom stereocenters. The van der Waals surface area contributed by atoms with Gasteiger partial charge in [0, 0.05) is 6.20 Å². The van der Waals surface area contributed by atoms with Gasteiger partial charge in [0.2, 0.25) is 0 Å². The van der Waals surface area contributed by atoms with Crippen LogP contribution in [0.15, 0.2) is 29.0 Å². The number of H-pyrrole nitrogens is 1. The molecule has 0 bridgehead atoms. The largest absolute Gasteiger partial charge is 0.464 e. The standard InChI is InChI=1S/C7H5N2O/c1-2-7(10-3-1)6-4-8-9-5-6/h1-4H,(H,8,9). The fourth-order valence-corrected chi connectivity index (χ4v) is 0.780. The molecule has 0 fully saturated rings. The van der Waals surface area contributed by atoms with Gasteiger partial charge in [-0.05, 0) is 12.1 Å². The van der Waals surface area contributed by atoms with Crippen LogP contribution in [0.3, 0.4) is 0 Å². The van der Waals surface area contributed by atoms with Crippen LogP contribution in [0.2, 0.25) is 0 Å². The molecule has 2 rings (SSSR count). The highest BCUT2D eigenvalue weighted by atomic mass is 16.3. The molecular weight excluding hydrogens is 128 g/mol. The van der Waals surface area contributed by atoms with Crippen molar-refractivity contribution in [2.75, 3.05) is 0 Å². The van der Waals surface area contributed by atoms with E-state index in [9.17, 15) is 0 Å². The summed E-state index contributed by atoms with van der Waals surface area (Å²) >= 11 is 0. The van der Waals surface area contributed by atoms with E-state index in [4.69, 9.17) is 4.42 Å². The Morgan fingerprint density at radius 2 is 2.60 bits per heavy atom. The highest BCUT2D eigenvalue weighted by molar-refractivity contribution is 5.53. The van der Waals surface area contributed by atoms with Crippen molar-refractivity contribution in [2.24, 2.45) is 0 Å². The third-order valence-corrected chi connectivity index (χ3v) is 1.24. The van der Waals surface area contributed by atoms with Gasteiger partial charge >= 0.3 is 0 Å². The van der Waals surface area contributed by atoms with E-state index in [2.05, 4.69) is 16.4 Å². The minimum absolute atomic E-state index is 0.786. The molecule has 0 aliphatic heterocycles. The Kier molecular flexibility index (Phi) is 1.07. The van der Waals surface area contributed by atoms with Gasteiger partial charge in [-0.1, -0.05) is 0 Å². The molecule has 0 aliphatic rings. The Bertz CT molecular complexity index is 251. The van der Waals surface area contributed by atoms with Gasteiger partial charge in [0.25, 0.3) is 0 Å². The zero-order valence-corrected chi connectivity index (χ0v) is 5.16. The molecule has 2 aromatic rings. The number of hydrogen-bond donors (Lipinski definition) is 1. The molecular formula is C7H5N2O. The summed E-state index contributed by atoms with van der Waals surface area (Å²) in [6.45, 7) is 0. The fraction of sp³-hybridized carbons (Fsp3) is 0. The number of furan rings is 1. The van der Waals surface area contributed by atoms with E-state index in [-0.39, 0.29) is 0 Å². The Balaban J connectivity index is 2.48. The van der Waals surface area contributed by atoms with Crippen LogP contribution < -0.4 is 0 Å². The molecule has 49 valence electrons. The number of nitrogens with one attached hydrogen (secondary N) is 1. The summed E-state index contributed by atoms with van der Waals surface area (Å²) < 4.78 is 5.09. The number of aromatic nitrogens is 2. The van der Waals surface area contributed by atoms with E-state index < -0.39 is 0 Å². The summed E-state index contributed by atoms with van der Waals surface area (Å²) in [5.41, 5.74) is 0.852. The number of aromatic amines is 1. The third-order valence-electron chi connectivity index (χ3n) is 1.24. The van der Waals surface area contributed by atoms with Gasteiger partial charge in [-0.2, -0.15) is 5.10 Å². The highest BCUT2D eigenvalue weighted by Gasteiger charge is 1.99. The zero-order chi connectivity index (χ0) is 6.81.